The topological polar surface area (TPSA) is 49.4 Å². The molecule has 1 aromatic carbocycles. The molecule has 0 atom stereocenters. The Hall–Kier alpha value is -1.26. The maximum Gasteiger partial charge on any atom is 0.253 e. The minimum Gasteiger partial charge on any atom is -0.345 e. The van der Waals surface area contributed by atoms with Gasteiger partial charge in [0.25, 0.3) is 5.91 Å². The molecule has 1 N–H and O–H groups in total. The Morgan fingerprint density at radius 2 is 1.95 bits per heavy atom. The summed E-state index contributed by atoms with van der Waals surface area (Å²) < 4.78 is 0. The number of carbonyl (C=O) groups is 2. The third-order valence-electron chi connectivity index (χ3n) is 2.68. The lowest BCUT2D eigenvalue weighted by Gasteiger charge is -2.13. The summed E-state index contributed by atoms with van der Waals surface area (Å²) in [7, 11) is 3.34. The van der Waals surface area contributed by atoms with Crippen LogP contribution in [0.1, 0.15) is 29.6 Å². The van der Waals surface area contributed by atoms with Crippen LogP contribution in [0.15, 0.2) is 18.2 Å². The Bertz CT molecular complexity index is 490. The summed E-state index contributed by atoms with van der Waals surface area (Å²) in [5, 5.41) is 3.13. The fraction of sp³-hybridized carbons (Fsp3) is 0.429. The van der Waals surface area contributed by atoms with Crippen LogP contribution in [0.4, 0.5) is 5.69 Å². The van der Waals surface area contributed by atoms with E-state index < -0.39 is 0 Å². The number of alkyl halides is 1. The molecule has 4 nitrogen and oxygen atoms in total. The minimum atomic E-state index is -0.140. The zero-order valence-electron chi connectivity index (χ0n) is 11.6. The molecule has 110 valence electrons. The van der Waals surface area contributed by atoms with Gasteiger partial charge in [0.2, 0.25) is 5.91 Å². The molecular formula is C14H18Cl2N2O2. The molecular weight excluding hydrogens is 299 g/mol. The monoisotopic (exact) mass is 316 g/mol. The van der Waals surface area contributed by atoms with Crippen molar-refractivity contribution < 1.29 is 9.59 Å². The fourth-order valence-electron chi connectivity index (χ4n) is 1.61. The smallest absolute Gasteiger partial charge is 0.253 e. The number of anilines is 1. The molecule has 6 heteroatoms. The Morgan fingerprint density at radius 3 is 2.55 bits per heavy atom. The van der Waals surface area contributed by atoms with E-state index in [1.54, 1.807) is 32.3 Å². The van der Waals surface area contributed by atoms with Crippen LogP contribution in [0, 0.1) is 0 Å². The van der Waals surface area contributed by atoms with E-state index in [2.05, 4.69) is 5.32 Å². The molecule has 0 saturated heterocycles. The third kappa shape index (κ3) is 5.02. The molecule has 0 saturated carbocycles. The highest BCUT2D eigenvalue weighted by molar-refractivity contribution is 6.33. The summed E-state index contributed by atoms with van der Waals surface area (Å²) in [4.78, 5) is 25.1. The van der Waals surface area contributed by atoms with Gasteiger partial charge in [0, 0.05) is 32.0 Å². The SMILES string of the molecule is CN(C)C(=O)c1ccc(Cl)c(NC(=O)CCCCCl)c1. The van der Waals surface area contributed by atoms with Gasteiger partial charge < -0.3 is 10.2 Å². The average Bonchev–Trinajstić information content (AvgIpc) is 2.40. The number of unbranched alkanes of at least 4 members (excludes halogenated alkanes) is 1. The van der Waals surface area contributed by atoms with Crippen LogP contribution in [-0.4, -0.2) is 36.7 Å². The van der Waals surface area contributed by atoms with Crippen LogP contribution < -0.4 is 5.32 Å². The highest BCUT2D eigenvalue weighted by Crippen LogP contribution is 2.24. The molecule has 0 fully saturated rings. The van der Waals surface area contributed by atoms with Gasteiger partial charge in [-0.25, -0.2) is 0 Å². The van der Waals surface area contributed by atoms with E-state index >= 15 is 0 Å². The van der Waals surface area contributed by atoms with E-state index in [0.717, 1.165) is 12.8 Å². The summed E-state index contributed by atoms with van der Waals surface area (Å²) in [5.41, 5.74) is 0.936. The number of carbonyl (C=O) groups excluding carboxylic acids is 2. The van der Waals surface area contributed by atoms with Crippen molar-refractivity contribution in [2.45, 2.75) is 19.3 Å². The largest absolute Gasteiger partial charge is 0.345 e. The molecule has 0 heterocycles. The van der Waals surface area contributed by atoms with E-state index in [1.165, 1.54) is 4.90 Å². The summed E-state index contributed by atoms with van der Waals surface area (Å²) in [6.45, 7) is 0. The van der Waals surface area contributed by atoms with Crippen molar-refractivity contribution in [2.24, 2.45) is 0 Å². The molecule has 1 rings (SSSR count). The molecule has 0 bridgehead atoms. The van der Waals surface area contributed by atoms with Crippen LogP contribution in [0.25, 0.3) is 0 Å². The van der Waals surface area contributed by atoms with Crippen molar-refractivity contribution in [3.8, 4) is 0 Å². The number of hydrogen-bond acceptors (Lipinski definition) is 2. The minimum absolute atomic E-state index is 0.133. The first kappa shape index (κ1) is 16.8. The van der Waals surface area contributed by atoms with Gasteiger partial charge in [-0.1, -0.05) is 11.6 Å². The zero-order chi connectivity index (χ0) is 15.1. The first-order chi connectivity index (χ1) is 9.45. The highest BCUT2D eigenvalue weighted by atomic mass is 35.5. The van der Waals surface area contributed by atoms with Gasteiger partial charge in [0.05, 0.1) is 10.7 Å². The summed E-state index contributed by atoms with van der Waals surface area (Å²) in [6, 6.07) is 4.82. The Labute approximate surface area is 129 Å². The van der Waals surface area contributed by atoms with E-state index in [9.17, 15) is 9.59 Å². The fourth-order valence-corrected chi connectivity index (χ4v) is 1.96. The maximum atomic E-state index is 11.9. The predicted molar refractivity (Wildman–Crippen MR) is 82.7 cm³/mol. The maximum absolute atomic E-state index is 11.9. The lowest BCUT2D eigenvalue weighted by Crippen LogP contribution is -2.22. The van der Waals surface area contributed by atoms with Crippen LogP contribution >= 0.6 is 23.2 Å². The van der Waals surface area contributed by atoms with Crippen LogP contribution in [0.2, 0.25) is 5.02 Å². The zero-order valence-corrected chi connectivity index (χ0v) is 13.1. The summed E-state index contributed by atoms with van der Waals surface area (Å²) >= 11 is 11.6. The number of rotatable bonds is 6. The van der Waals surface area contributed by atoms with Crippen molar-refractivity contribution in [1.29, 1.82) is 0 Å². The van der Waals surface area contributed by atoms with Crippen LogP contribution in [0.3, 0.4) is 0 Å². The second-order valence-electron chi connectivity index (χ2n) is 4.59. The Kier molecular flexibility index (Phi) is 6.82. The van der Waals surface area contributed by atoms with Gasteiger partial charge in [0.15, 0.2) is 0 Å². The van der Waals surface area contributed by atoms with Crippen LogP contribution in [-0.2, 0) is 4.79 Å². The molecule has 2 amide bonds. The van der Waals surface area contributed by atoms with Crippen molar-refractivity contribution in [3.05, 3.63) is 28.8 Å². The van der Waals surface area contributed by atoms with Gasteiger partial charge in [-0.2, -0.15) is 0 Å². The first-order valence-electron chi connectivity index (χ1n) is 6.32. The number of halogens is 2. The normalized spacial score (nSPS) is 10.2. The van der Waals surface area contributed by atoms with E-state index in [1.807, 2.05) is 0 Å². The lowest BCUT2D eigenvalue weighted by molar-refractivity contribution is -0.116. The molecule has 0 aliphatic heterocycles. The van der Waals surface area contributed by atoms with Crippen LogP contribution in [0.5, 0.6) is 0 Å². The predicted octanol–water partition coefficient (Wildman–Crippen LogP) is 3.39. The number of hydrogen-bond donors (Lipinski definition) is 1. The second-order valence-corrected chi connectivity index (χ2v) is 5.37. The molecule has 0 aromatic heterocycles. The highest BCUT2D eigenvalue weighted by Gasteiger charge is 2.12. The molecule has 0 spiro atoms. The second kappa shape index (κ2) is 8.12. The van der Waals surface area contributed by atoms with Gasteiger partial charge in [-0.3, -0.25) is 9.59 Å². The van der Waals surface area contributed by atoms with Gasteiger partial charge >= 0.3 is 0 Å². The molecule has 0 unspecified atom stereocenters. The molecule has 0 radical (unpaired) electrons. The van der Waals surface area contributed by atoms with Crippen molar-refractivity contribution in [2.75, 3.05) is 25.3 Å². The molecule has 1 aromatic rings. The van der Waals surface area contributed by atoms with Crippen molar-refractivity contribution in [3.63, 3.8) is 0 Å². The van der Waals surface area contributed by atoms with E-state index in [4.69, 9.17) is 23.2 Å². The van der Waals surface area contributed by atoms with E-state index in [-0.39, 0.29) is 11.8 Å². The number of nitrogens with zero attached hydrogens (tertiary/aromatic N) is 1. The van der Waals surface area contributed by atoms with Gasteiger partial charge in [-0.15, -0.1) is 11.6 Å². The van der Waals surface area contributed by atoms with Crippen molar-refractivity contribution >= 4 is 40.7 Å². The number of amides is 2. The van der Waals surface area contributed by atoms with Crippen molar-refractivity contribution in [1.82, 2.24) is 4.90 Å². The van der Waals surface area contributed by atoms with Gasteiger partial charge in [0.1, 0.15) is 0 Å². The molecule has 0 aliphatic carbocycles. The quantitative estimate of drug-likeness (QED) is 0.646. The third-order valence-corrected chi connectivity index (χ3v) is 3.28. The Balaban J connectivity index is 2.76. The molecule has 0 aliphatic rings. The number of nitrogens with one attached hydrogen (secondary N) is 1. The lowest BCUT2D eigenvalue weighted by atomic mass is 10.1. The summed E-state index contributed by atoms with van der Waals surface area (Å²) in [6.07, 6.45) is 1.90. The summed E-state index contributed by atoms with van der Waals surface area (Å²) in [5.74, 6) is 0.270. The standard InChI is InChI=1S/C14H18Cl2N2O2/c1-18(2)14(20)10-6-7-11(16)12(9-10)17-13(19)5-3-4-8-15/h6-7,9H,3-5,8H2,1-2H3,(H,17,19). The molecule has 20 heavy (non-hydrogen) atoms. The van der Waals surface area contributed by atoms with E-state index in [0.29, 0.717) is 28.6 Å². The Morgan fingerprint density at radius 1 is 1.25 bits per heavy atom. The average molecular weight is 317 g/mol. The first-order valence-corrected chi connectivity index (χ1v) is 7.24. The van der Waals surface area contributed by atoms with Gasteiger partial charge in [-0.05, 0) is 31.0 Å². The number of benzene rings is 1.